The van der Waals surface area contributed by atoms with Gasteiger partial charge in [-0.1, -0.05) is 36.4 Å². The third kappa shape index (κ3) is 7.22. The molecule has 0 aliphatic carbocycles. The standard InChI is InChI=1S/C25H25F3N2O5S/c1-18-6-3-4-9-23(18)29-24(31)30(14-15-34-2)17-19-10-12-21(13-11-19)35-36(32,33)22-8-5-7-20(16-22)25(26,27)28/h3-13,16H,14-15,17H2,1-2H3,(H,29,31). The number of nitrogens with one attached hydrogen (secondary N) is 1. The summed E-state index contributed by atoms with van der Waals surface area (Å²) in [4.78, 5) is 13.8. The molecular formula is C25H25F3N2O5S. The Morgan fingerprint density at radius 3 is 2.33 bits per heavy atom. The Balaban J connectivity index is 1.71. The largest absolute Gasteiger partial charge is 0.416 e. The van der Waals surface area contributed by atoms with Crippen LogP contribution in [0.5, 0.6) is 5.75 Å². The van der Waals surface area contributed by atoms with Crippen molar-refractivity contribution in [2.24, 2.45) is 0 Å². The quantitative estimate of drug-likeness (QED) is 0.377. The minimum absolute atomic E-state index is 0.0797. The molecule has 0 aliphatic heterocycles. The molecule has 1 N–H and O–H groups in total. The fraction of sp³-hybridized carbons (Fsp3) is 0.240. The highest BCUT2D eigenvalue weighted by Gasteiger charge is 2.32. The number of carbonyl (C=O) groups is 1. The molecule has 0 aliphatic rings. The van der Waals surface area contributed by atoms with Crippen molar-refractivity contribution < 1.29 is 35.3 Å². The summed E-state index contributed by atoms with van der Waals surface area (Å²) in [6.07, 6.45) is -4.69. The Hall–Kier alpha value is -3.57. The molecular weight excluding hydrogens is 497 g/mol. The normalized spacial score (nSPS) is 11.7. The number of carbonyl (C=O) groups excluding carboxylic acids is 1. The molecule has 0 spiro atoms. The molecule has 3 rings (SSSR count). The zero-order valence-electron chi connectivity index (χ0n) is 19.6. The number of hydrogen-bond donors (Lipinski definition) is 1. The van der Waals surface area contributed by atoms with E-state index in [1.807, 2.05) is 25.1 Å². The van der Waals surface area contributed by atoms with Crippen LogP contribution in [0.4, 0.5) is 23.7 Å². The number of urea groups is 1. The predicted molar refractivity (Wildman–Crippen MR) is 128 cm³/mol. The van der Waals surface area contributed by atoms with Crippen LogP contribution in [0.3, 0.4) is 0 Å². The fourth-order valence-electron chi connectivity index (χ4n) is 3.23. The topological polar surface area (TPSA) is 84.9 Å². The number of alkyl halides is 3. The molecule has 0 bridgehead atoms. The second-order valence-electron chi connectivity index (χ2n) is 7.87. The number of nitrogens with zero attached hydrogens (tertiary/aromatic N) is 1. The highest BCUT2D eigenvalue weighted by atomic mass is 32.2. The third-order valence-corrected chi connectivity index (χ3v) is 6.44. The monoisotopic (exact) mass is 522 g/mol. The van der Waals surface area contributed by atoms with Crippen LogP contribution in [0, 0.1) is 6.92 Å². The maximum absolute atomic E-state index is 12.9. The van der Waals surface area contributed by atoms with Gasteiger partial charge in [-0.15, -0.1) is 0 Å². The number of hydrogen-bond acceptors (Lipinski definition) is 5. The van der Waals surface area contributed by atoms with Gasteiger partial charge in [-0.3, -0.25) is 0 Å². The van der Waals surface area contributed by atoms with Gasteiger partial charge in [-0.05, 0) is 54.4 Å². The van der Waals surface area contributed by atoms with E-state index in [1.165, 1.54) is 24.1 Å². The summed E-state index contributed by atoms with van der Waals surface area (Å²) in [5, 5.41) is 2.86. The van der Waals surface area contributed by atoms with Crippen molar-refractivity contribution in [2.75, 3.05) is 25.6 Å². The van der Waals surface area contributed by atoms with E-state index in [0.717, 1.165) is 23.8 Å². The van der Waals surface area contributed by atoms with E-state index in [-0.39, 0.29) is 18.3 Å². The number of benzene rings is 3. The smallest absolute Gasteiger partial charge is 0.383 e. The van der Waals surface area contributed by atoms with Gasteiger partial charge in [-0.2, -0.15) is 21.6 Å². The molecule has 3 aromatic rings. The number of aryl methyl sites for hydroxylation is 1. The molecule has 0 saturated carbocycles. The Bertz CT molecular complexity index is 1300. The number of halogens is 3. The van der Waals surface area contributed by atoms with E-state index in [9.17, 15) is 26.4 Å². The predicted octanol–water partition coefficient (Wildman–Crippen LogP) is 5.46. The second kappa shape index (κ2) is 11.4. The number of amides is 2. The zero-order valence-corrected chi connectivity index (χ0v) is 20.4. The van der Waals surface area contributed by atoms with Gasteiger partial charge in [0.25, 0.3) is 0 Å². The summed E-state index contributed by atoms with van der Waals surface area (Å²) >= 11 is 0. The molecule has 0 fully saturated rings. The van der Waals surface area contributed by atoms with Crippen LogP contribution in [0.1, 0.15) is 16.7 Å². The Kier molecular flexibility index (Phi) is 8.59. The molecule has 0 aromatic heterocycles. The zero-order chi connectivity index (χ0) is 26.3. The first-order chi connectivity index (χ1) is 17.0. The Morgan fingerprint density at radius 2 is 1.69 bits per heavy atom. The minimum Gasteiger partial charge on any atom is -0.383 e. The summed E-state index contributed by atoms with van der Waals surface area (Å²) in [5.74, 6) is -0.0797. The summed E-state index contributed by atoms with van der Waals surface area (Å²) in [7, 11) is -2.96. The summed E-state index contributed by atoms with van der Waals surface area (Å²) in [6.45, 7) is 2.68. The molecule has 0 atom stereocenters. The van der Waals surface area contributed by atoms with E-state index in [2.05, 4.69) is 5.32 Å². The van der Waals surface area contributed by atoms with Crippen molar-refractivity contribution in [3.8, 4) is 5.75 Å². The maximum Gasteiger partial charge on any atom is 0.416 e. The fourth-order valence-corrected chi connectivity index (χ4v) is 4.21. The van der Waals surface area contributed by atoms with E-state index in [4.69, 9.17) is 8.92 Å². The highest BCUT2D eigenvalue weighted by molar-refractivity contribution is 7.87. The molecule has 3 aromatic carbocycles. The van der Waals surface area contributed by atoms with E-state index in [1.54, 1.807) is 18.2 Å². The van der Waals surface area contributed by atoms with Gasteiger partial charge in [0.1, 0.15) is 10.6 Å². The molecule has 0 unspecified atom stereocenters. The van der Waals surface area contributed by atoms with Crippen LogP contribution in [-0.4, -0.2) is 39.6 Å². The molecule has 192 valence electrons. The lowest BCUT2D eigenvalue weighted by molar-refractivity contribution is -0.137. The van der Waals surface area contributed by atoms with Crippen molar-refractivity contribution in [3.05, 3.63) is 89.5 Å². The van der Waals surface area contributed by atoms with Crippen LogP contribution < -0.4 is 9.50 Å². The Labute approximate surface area is 207 Å². The number of anilines is 1. The van der Waals surface area contributed by atoms with Crippen LogP contribution in [0.15, 0.2) is 77.7 Å². The minimum atomic E-state index is -4.69. The molecule has 0 heterocycles. The second-order valence-corrected chi connectivity index (χ2v) is 9.41. The van der Waals surface area contributed by atoms with Gasteiger partial charge in [0.05, 0.1) is 12.2 Å². The van der Waals surface area contributed by atoms with Crippen molar-refractivity contribution in [2.45, 2.75) is 24.5 Å². The van der Waals surface area contributed by atoms with Gasteiger partial charge in [0.15, 0.2) is 0 Å². The molecule has 36 heavy (non-hydrogen) atoms. The van der Waals surface area contributed by atoms with E-state index in [0.29, 0.717) is 30.5 Å². The van der Waals surface area contributed by atoms with E-state index >= 15 is 0 Å². The molecule has 0 radical (unpaired) electrons. The number of para-hydroxylation sites is 1. The van der Waals surface area contributed by atoms with Gasteiger partial charge >= 0.3 is 22.3 Å². The lowest BCUT2D eigenvalue weighted by Gasteiger charge is -2.23. The first-order valence-corrected chi connectivity index (χ1v) is 12.2. The summed E-state index contributed by atoms with van der Waals surface area (Å²) in [6, 6.07) is 16.2. The van der Waals surface area contributed by atoms with E-state index < -0.39 is 26.8 Å². The number of methoxy groups -OCH3 is 1. The average molecular weight is 523 g/mol. The van der Waals surface area contributed by atoms with Gasteiger partial charge in [-0.25, -0.2) is 4.79 Å². The van der Waals surface area contributed by atoms with Crippen molar-refractivity contribution >= 4 is 21.8 Å². The van der Waals surface area contributed by atoms with Crippen LogP contribution in [0.25, 0.3) is 0 Å². The number of ether oxygens (including phenoxy) is 1. The lowest BCUT2D eigenvalue weighted by Crippen LogP contribution is -2.37. The SMILES string of the molecule is COCCN(Cc1ccc(OS(=O)(=O)c2cccc(C(F)(F)F)c2)cc1)C(=O)Nc1ccccc1C. The third-order valence-electron chi connectivity index (χ3n) is 5.19. The van der Waals surface area contributed by atoms with Crippen LogP contribution >= 0.6 is 0 Å². The Morgan fingerprint density at radius 1 is 1.00 bits per heavy atom. The maximum atomic E-state index is 12.9. The van der Waals surface area contributed by atoms with Crippen LogP contribution in [-0.2, 0) is 27.6 Å². The van der Waals surface area contributed by atoms with Crippen molar-refractivity contribution in [1.29, 1.82) is 0 Å². The average Bonchev–Trinajstić information content (AvgIpc) is 2.83. The number of rotatable bonds is 9. The summed E-state index contributed by atoms with van der Waals surface area (Å²) in [5.41, 5.74) is 1.16. The highest BCUT2D eigenvalue weighted by Crippen LogP contribution is 2.31. The molecule has 11 heteroatoms. The van der Waals surface area contributed by atoms with Gasteiger partial charge in [0.2, 0.25) is 0 Å². The van der Waals surface area contributed by atoms with Gasteiger partial charge in [0, 0.05) is 25.9 Å². The van der Waals surface area contributed by atoms with Crippen molar-refractivity contribution in [1.82, 2.24) is 4.90 Å². The molecule has 2 amide bonds. The summed E-state index contributed by atoms with van der Waals surface area (Å²) < 4.78 is 73.9. The van der Waals surface area contributed by atoms with Gasteiger partial charge < -0.3 is 19.1 Å². The lowest BCUT2D eigenvalue weighted by atomic mass is 10.2. The molecule has 0 saturated heterocycles. The van der Waals surface area contributed by atoms with Crippen LogP contribution in [0.2, 0.25) is 0 Å². The van der Waals surface area contributed by atoms with Crippen molar-refractivity contribution in [3.63, 3.8) is 0 Å². The molecule has 7 nitrogen and oxygen atoms in total. The first kappa shape index (κ1) is 27.0. The first-order valence-electron chi connectivity index (χ1n) is 10.8.